The summed E-state index contributed by atoms with van der Waals surface area (Å²) >= 11 is 0. The van der Waals surface area contributed by atoms with Crippen LogP contribution in [0.4, 0.5) is 19.3 Å². The van der Waals surface area contributed by atoms with Gasteiger partial charge in [0.2, 0.25) is 0 Å². The Labute approximate surface area is 142 Å². The molecule has 128 valence electrons. The monoisotopic (exact) mass is 343 g/mol. The summed E-state index contributed by atoms with van der Waals surface area (Å²) in [5.74, 6) is -0.256. The number of nitrogens with one attached hydrogen (secondary N) is 2. The molecule has 1 aromatic heterocycles. The highest BCUT2D eigenvalue weighted by Gasteiger charge is 2.11. The zero-order chi connectivity index (χ0) is 17.8. The molecule has 8 heteroatoms. The van der Waals surface area contributed by atoms with E-state index in [1.165, 1.54) is 48.8 Å². The number of anilines is 1. The molecule has 1 heterocycles. The molecule has 0 unspecified atom stereocenters. The molecule has 0 aliphatic carbocycles. The average Bonchev–Trinajstić information content (AvgIpc) is 3.00. The van der Waals surface area contributed by atoms with Crippen molar-refractivity contribution in [2.45, 2.75) is 6.54 Å². The number of carbonyl (C=O) groups is 1. The van der Waals surface area contributed by atoms with Crippen molar-refractivity contribution in [2.24, 2.45) is 7.05 Å². The smallest absolute Gasteiger partial charge is 0.319 e. The summed E-state index contributed by atoms with van der Waals surface area (Å²) < 4.78 is 28.2. The van der Waals surface area contributed by atoms with Gasteiger partial charge in [0.25, 0.3) is 0 Å². The summed E-state index contributed by atoms with van der Waals surface area (Å²) in [4.78, 5) is 16.1. The van der Waals surface area contributed by atoms with E-state index in [0.717, 1.165) is 0 Å². The SMILES string of the molecule is Cn1ncnc1CNC(=O)Nc1ccc(F)cc1-c1ccc(F)cc1. The highest BCUT2D eigenvalue weighted by Crippen LogP contribution is 2.29. The topological polar surface area (TPSA) is 71.8 Å². The molecule has 6 nitrogen and oxygen atoms in total. The van der Waals surface area contributed by atoms with Crippen LogP contribution in [0.3, 0.4) is 0 Å². The lowest BCUT2D eigenvalue weighted by Gasteiger charge is -2.12. The number of aromatic nitrogens is 3. The van der Waals surface area contributed by atoms with Gasteiger partial charge in [0.1, 0.15) is 23.8 Å². The lowest BCUT2D eigenvalue weighted by molar-refractivity contribution is 0.251. The van der Waals surface area contributed by atoms with Crippen molar-refractivity contribution in [2.75, 3.05) is 5.32 Å². The molecule has 0 fully saturated rings. The van der Waals surface area contributed by atoms with E-state index in [0.29, 0.717) is 22.6 Å². The van der Waals surface area contributed by atoms with Gasteiger partial charge in [-0.2, -0.15) is 5.10 Å². The van der Waals surface area contributed by atoms with E-state index in [2.05, 4.69) is 20.7 Å². The number of nitrogens with zero attached hydrogens (tertiary/aromatic N) is 3. The predicted molar refractivity (Wildman–Crippen MR) is 88.7 cm³/mol. The minimum atomic E-state index is -0.474. The molecule has 0 saturated heterocycles. The van der Waals surface area contributed by atoms with Crippen molar-refractivity contribution in [3.05, 3.63) is 66.3 Å². The number of hydrogen-bond donors (Lipinski definition) is 2. The Morgan fingerprint density at radius 1 is 1.12 bits per heavy atom. The van der Waals surface area contributed by atoms with Crippen molar-refractivity contribution in [3.8, 4) is 11.1 Å². The van der Waals surface area contributed by atoms with Crippen LogP contribution in [0, 0.1) is 11.6 Å². The molecular formula is C17H15F2N5O. The van der Waals surface area contributed by atoms with Gasteiger partial charge in [-0.25, -0.2) is 18.6 Å². The maximum Gasteiger partial charge on any atom is 0.319 e. The van der Waals surface area contributed by atoms with E-state index in [4.69, 9.17) is 0 Å². The van der Waals surface area contributed by atoms with Gasteiger partial charge in [-0.3, -0.25) is 4.68 Å². The predicted octanol–water partition coefficient (Wildman–Crippen LogP) is 3.08. The van der Waals surface area contributed by atoms with Crippen LogP contribution in [0.25, 0.3) is 11.1 Å². The number of rotatable bonds is 4. The second-order valence-electron chi connectivity index (χ2n) is 5.30. The standard InChI is InChI=1S/C17H15F2N5O/c1-24-16(21-10-22-24)9-20-17(25)23-15-7-6-13(19)8-14(15)11-2-4-12(18)5-3-11/h2-8,10H,9H2,1H3,(H2,20,23,25). The maximum absolute atomic E-state index is 13.6. The highest BCUT2D eigenvalue weighted by atomic mass is 19.1. The Bertz CT molecular complexity index is 892. The van der Waals surface area contributed by atoms with Gasteiger partial charge in [-0.1, -0.05) is 12.1 Å². The Morgan fingerprint density at radius 3 is 2.52 bits per heavy atom. The molecule has 0 radical (unpaired) electrons. The summed E-state index contributed by atoms with van der Waals surface area (Å²) in [7, 11) is 1.72. The molecular weight excluding hydrogens is 328 g/mol. The quantitative estimate of drug-likeness (QED) is 0.765. The number of urea groups is 1. The molecule has 25 heavy (non-hydrogen) atoms. The van der Waals surface area contributed by atoms with Gasteiger partial charge in [0, 0.05) is 12.6 Å². The number of aryl methyl sites for hydroxylation is 1. The molecule has 0 aliphatic heterocycles. The number of halogens is 2. The molecule has 0 bridgehead atoms. The fourth-order valence-electron chi connectivity index (χ4n) is 2.30. The van der Waals surface area contributed by atoms with Crippen molar-refractivity contribution >= 4 is 11.7 Å². The summed E-state index contributed by atoms with van der Waals surface area (Å²) in [6.45, 7) is 0.190. The Kier molecular flexibility index (Phi) is 4.69. The molecule has 0 aliphatic rings. The van der Waals surface area contributed by atoms with Crippen molar-refractivity contribution in [1.82, 2.24) is 20.1 Å². The molecule has 2 aromatic carbocycles. The number of benzene rings is 2. The summed E-state index contributed by atoms with van der Waals surface area (Å²) in [5.41, 5.74) is 1.45. The molecule has 2 N–H and O–H groups in total. The minimum Gasteiger partial charge on any atom is -0.331 e. The lowest BCUT2D eigenvalue weighted by atomic mass is 10.0. The molecule has 0 saturated carbocycles. The molecule has 3 rings (SSSR count). The van der Waals surface area contributed by atoms with E-state index >= 15 is 0 Å². The van der Waals surface area contributed by atoms with E-state index in [-0.39, 0.29) is 6.54 Å². The van der Waals surface area contributed by atoms with Crippen LogP contribution in [0.15, 0.2) is 48.8 Å². The van der Waals surface area contributed by atoms with Crippen LogP contribution < -0.4 is 10.6 Å². The van der Waals surface area contributed by atoms with Crippen LogP contribution >= 0.6 is 0 Å². The fraction of sp³-hybridized carbons (Fsp3) is 0.118. The first-order chi connectivity index (χ1) is 12.0. The second kappa shape index (κ2) is 7.08. The normalized spacial score (nSPS) is 10.5. The number of hydrogen-bond acceptors (Lipinski definition) is 3. The summed E-state index contributed by atoms with van der Waals surface area (Å²) in [5, 5.41) is 9.23. The number of carbonyl (C=O) groups excluding carboxylic acids is 1. The second-order valence-corrected chi connectivity index (χ2v) is 5.30. The van der Waals surface area contributed by atoms with Crippen LogP contribution in [0.5, 0.6) is 0 Å². The van der Waals surface area contributed by atoms with Crippen LogP contribution in [-0.2, 0) is 13.6 Å². The average molecular weight is 343 g/mol. The van der Waals surface area contributed by atoms with Crippen molar-refractivity contribution in [1.29, 1.82) is 0 Å². The third-order valence-corrected chi connectivity index (χ3v) is 3.60. The van der Waals surface area contributed by atoms with Crippen LogP contribution in [0.1, 0.15) is 5.82 Å². The van der Waals surface area contributed by atoms with E-state index in [1.54, 1.807) is 11.7 Å². The van der Waals surface area contributed by atoms with Gasteiger partial charge in [-0.15, -0.1) is 0 Å². The van der Waals surface area contributed by atoms with Crippen LogP contribution in [-0.4, -0.2) is 20.8 Å². The van der Waals surface area contributed by atoms with Gasteiger partial charge in [0.05, 0.1) is 12.2 Å². The Morgan fingerprint density at radius 2 is 1.84 bits per heavy atom. The number of amides is 2. The zero-order valence-corrected chi connectivity index (χ0v) is 13.3. The summed E-state index contributed by atoms with van der Waals surface area (Å²) in [6, 6.07) is 9.10. The Hall–Kier alpha value is -3.29. The molecule has 0 atom stereocenters. The van der Waals surface area contributed by atoms with Gasteiger partial charge >= 0.3 is 6.03 Å². The lowest BCUT2D eigenvalue weighted by Crippen LogP contribution is -2.29. The van der Waals surface area contributed by atoms with E-state index < -0.39 is 17.7 Å². The van der Waals surface area contributed by atoms with Crippen LogP contribution in [0.2, 0.25) is 0 Å². The third kappa shape index (κ3) is 3.97. The zero-order valence-electron chi connectivity index (χ0n) is 13.3. The van der Waals surface area contributed by atoms with Crippen molar-refractivity contribution in [3.63, 3.8) is 0 Å². The maximum atomic E-state index is 13.6. The highest BCUT2D eigenvalue weighted by molar-refractivity contribution is 5.94. The first-order valence-corrected chi connectivity index (χ1v) is 7.46. The largest absolute Gasteiger partial charge is 0.331 e. The summed E-state index contributed by atoms with van der Waals surface area (Å²) in [6.07, 6.45) is 1.39. The van der Waals surface area contributed by atoms with Gasteiger partial charge < -0.3 is 10.6 Å². The van der Waals surface area contributed by atoms with E-state index in [1.807, 2.05) is 0 Å². The first-order valence-electron chi connectivity index (χ1n) is 7.46. The first kappa shape index (κ1) is 16.6. The molecule has 2 amide bonds. The van der Waals surface area contributed by atoms with E-state index in [9.17, 15) is 13.6 Å². The fourth-order valence-corrected chi connectivity index (χ4v) is 2.30. The van der Waals surface area contributed by atoms with Gasteiger partial charge in [-0.05, 0) is 35.9 Å². The molecule has 0 spiro atoms. The Balaban J connectivity index is 1.76. The minimum absolute atomic E-state index is 0.190. The third-order valence-electron chi connectivity index (χ3n) is 3.60. The van der Waals surface area contributed by atoms with Gasteiger partial charge in [0.15, 0.2) is 0 Å². The van der Waals surface area contributed by atoms with Crippen molar-refractivity contribution < 1.29 is 13.6 Å². The molecule has 3 aromatic rings.